The molecule has 0 aliphatic carbocycles. The number of hydrogen-bond acceptors (Lipinski definition) is 1. The van der Waals surface area contributed by atoms with Crippen molar-refractivity contribution in [2.24, 2.45) is 0 Å². The van der Waals surface area contributed by atoms with Gasteiger partial charge in [-0.2, -0.15) is 0 Å². The van der Waals surface area contributed by atoms with E-state index in [1.165, 1.54) is 6.16 Å². The lowest BCUT2D eigenvalue weighted by atomic mass is 10.4. The van der Waals surface area contributed by atoms with Gasteiger partial charge in [-0.05, 0) is 48.0 Å². The number of rotatable bonds is 7. The van der Waals surface area contributed by atoms with E-state index in [1.54, 1.807) is 0 Å². The van der Waals surface area contributed by atoms with Gasteiger partial charge in [0.15, 0.2) is 0 Å². The minimum Gasteiger partial charge on any atom is -0.303 e. The minimum absolute atomic E-state index is 0.744. The first-order valence-corrected chi connectivity index (χ1v) is 8.38. The van der Waals surface area contributed by atoms with Crippen molar-refractivity contribution in [1.82, 2.24) is 0 Å². The van der Waals surface area contributed by atoms with E-state index in [0.717, 1.165) is 36.1 Å². The molecule has 15 heavy (non-hydrogen) atoms. The highest BCUT2D eigenvalue weighted by atomic mass is 31.2. The van der Waals surface area contributed by atoms with Crippen molar-refractivity contribution < 1.29 is 4.79 Å². The SMILES string of the molecule is CC(C)[P+](CCCC=O)(C(C)C)C(C)C. The van der Waals surface area contributed by atoms with Gasteiger partial charge in [0.1, 0.15) is 6.29 Å². The fourth-order valence-corrected chi connectivity index (χ4v) is 8.87. The van der Waals surface area contributed by atoms with Gasteiger partial charge in [-0.1, -0.05) is 0 Å². The Bertz CT molecular complexity index is 163. The highest BCUT2D eigenvalue weighted by Gasteiger charge is 2.46. The molecule has 0 aromatic heterocycles. The molecule has 0 aromatic rings. The first-order valence-electron chi connectivity index (χ1n) is 6.20. The highest BCUT2D eigenvalue weighted by Crippen LogP contribution is 2.70. The number of carbonyl (C=O) groups is 1. The zero-order chi connectivity index (χ0) is 12.1. The van der Waals surface area contributed by atoms with Gasteiger partial charge in [0.2, 0.25) is 0 Å². The monoisotopic (exact) mass is 231 g/mol. The van der Waals surface area contributed by atoms with Gasteiger partial charge in [0.05, 0.1) is 23.1 Å². The van der Waals surface area contributed by atoms with Gasteiger partial charge in [-0.15, -0.1) is 0 Å². The molecule has 0 unspecified atom stereocenters. The molecular formula is C13H28OP+. The lowest BCUT2D eigenvalue weighted by Crippen LogP contribution is -2.26. The van der Waals surface area contributed by atoms with Gasteiger partial charge >= 0.3 is 0 Å². The van der Waals surface area contributed by atoms with E-state index in [1.807, 2.05) is 0 Å². The number of unbranched alkanes of at least 4 members (excludes halogenated alkanes) is 1. The average molecular weight is 231 g/mol. The van der Waals surface area contributed by atoms with Gasteiger partial charge in [0, 0.05) is 13.7 Å². The summed E-state index contributed by atoms with van der Waals surface area (Å²) >= 11 is 0. The normalized spacial score (nSPS) is 12.9. The lowest BCUT2D eigenvalue weighted by Gasteiger charge is -2.38. The van der Waals surface area contributed by atoms with Crippen LogP contribution in [0.2, 0.25) is 0 Å². The van der Waals surface area contributed by atoms with Gasteiger partial charge in [-0.3, -0.25) is 0 Å². The highest BCUT2D eigenvalue weighted by molar-refractivity contribution is 7.77. The quantitative estimate of drug-likeness (QED) is 0.364. The smallest absolute Gasteiger partial charge is 0.120 e. The van der Waals surface area contributed by atoms with Crippen molar-refractivity contribution in [2.75, 3.05) is 6.16 Å². The van der Waals surface area contributed by atoms with Gasteiger partial charge in [0.25, 0.3) is 0 Å². The number of carbonyl (C=O) groups excluding carboxylic acids is 1. The molecule has 0 spiro atoms. The summed E-state index contributed by atoms with van der Waals surface area (Å²) in [5.41, 5.74) is 2.39. The van der Waals surface area contributed by atoms with Crippen LogP contribution in [0.5, 0.6) is 0 Å². The topological polar surface area (TPSA) is 17.1 Å². The molecule has 0 fully saturated rings. The molecule has 0 aliphatic heterocycles. The lowest BCUT2D eigenvalue weighted by molar-refractivity contribution is -0.107. The molecule has 0 saturated carbocycles. The minimum atomic E-state index is -0.901. The molecule has 0 bridgehead atoms. The van der Waals surface area contributed by atoms with Gasteiger partial charge < -0.3 is 4.79 Å². The van der Waals surface area contributed by atoms with E-state index in [2.05, 4.69) is 41.5 Å². The van der Waals surface area contributed by atoms with Crippen LogP contribution in [0.15, 0.2) is 0 Å². The maximum Gasteiger partial charge on any atom is 0.120 e. The largest absolute Gasteiger partial charge is 0.303 e. The van der Waals surface area contributed by atoms with Crippen molar-refractivity contribution in [1.29, 1.82) is 0 Å². The van der Waals surface area contributed by atoms with Crippen LogP contribution in [0.3, 0.4) is 0 Å². The zero-order valence-corrected chi connectivity index (χ0v) is 12.2. The predicted octanol–water partition coefficient (Wildman–Crippen LogP) is 4.21. The first kappa shape index (κ1) is 15.1. The second kappa shape index (κ2) is 6.63. The molecule has 0 saturated heterocycles. The van der Waals surface area contributed by atoms with Crippen molar-refractivity contribution >= 4 is 13.5 Å². The Morgan fingerprint density at radius 2 is 1.33 bits per heavy atom. The fraction of sp³-hybridized carbons (Fsp3) is 0.923. The van der Waals surface area contributed by atoms with E-state index in [0.29, 0.717) is 0 Å². The number of hydrogen-bond donors (Lipinski definition) is 0. The first-order chi connectivity index (χ1) is 6.89. The summed E-state index contributed by atoms with van der Waals surface area (Å²) in [5, 5.41) is 0. The third kappa shape index (κ3) is 3.55. The van der Waals surface area contributed by atoms with Crippen molar-refractivity contribution in [3.05, 3.63) is 0 Å². The van der Waals surface area contributed by atoms with E-state index < -0.39 is 7.26 Å². The third-order valence-electron chi connectivity index (χ3n) is 3.75. The van der Waals surface area contributed by atoms with Crippen LogP contribution in [0.25, 0.3) is 0 Å². The van der Waals surface area contributed by atoms with E-state index in [-0.39, 0.29) is 0 Å². The molecule has 0 aliphatic rings. The second-order valence-electron chi connectivity index (χ2n) is 5.31. The summed E-state index contributed by atoms with van der Waals surface area (Å²) in [6.07, 6.45) is 4.19. The zero-order valence-electron chi connectivity index (χ0n) is 11.3. The molecule has 0 heterocycles. The third-order valence-corrected chi connectivity index (χ3v) is 10.6. The van der Waals surface area contributed by atoms with E-state index >= 15 is 0 Å². The van der Waals surface area contributed by atoms with Gasteiger partial charge in [-0.25, -0.2) is 0 Å². The Balaban J connectivity index is 4.72. The molecule has 0 rings (SSSR count). The molecule has 0 radical (unpaired) electrons. The molecule has 2 heteroatoms. The van der Waals surface area contributed by atoms with Crippen LogP contribution in [0.1, 0.15) is 54.4 Å². The Morgan fingerprint density at radius 3 is 1.60 bits per heavy atom. The number of aldehydes is 1. The Hall–Kier alpha value is 0.100. The molecule has 0 amide bonds. The van der Waals surface area contributed by atoms with Crippen LogP contribution in [-0.2, 0) is 4.79 Å². The summed E-state index contributed by atoms with van der Waals surface area (Å²) in [4.78, 5) is 10.4. The van der Waals surface area contributed by atoms with Crippen molar-refractivity contribution in [3.8, 4) is 0 Å². The summed E-state index contributed by atoms with van der Waals surface area (Å²) in [6.45, 7) is 14.2. The second-order valence-corrected chi connectivity index (χ2v) is 10.8. The Labute approximate surface area is 96.4 Å². The van der Waals surface area contributed by atoms with Crippen LogP contribution in [0, 0.1) is 0 Å². The van der Waals surface area contributed by atoms with Crippen molar-refractivity contribution in [2.45, 2.75) is 71.4 Å². The standard InChI is InChI=1S/C13H28OP/c1-11(2)15(12(3)4,13(5)6)10-8-7-9-14/h9,11-13H,7-8,10H2,1-6H3/q+1. The fourth-order valence-electron chi connectivity index (χ4n) is 3.01. The maximum atomic E-state index is 10.4. The van der Waals surface area contributed by atoms with Crippen LogP contribution < -0.4 is 0 Å². The molecule has 0 atom stereocenters. The Kier molecular flexibility index (Phi) is 6.68. The summed E-state index contributed by atoms with van der Waals surface area (Å²) in [7, 11) is -0.901. The van der Waals surface area contributed by atoms with Crippen molar-refractivity contribution in [3.63, 3.8) is 0 Å². The molecule has 90 valence electrons. The summed E-state index contributed by atoms with van der Waals surface area (Å²) < 4.78 is 0. The van der Waals surface area contributed by atoms with E-state index in [9.17, 15) is 4.79 Å². The summed E-state index contributed by atoms with van der Waals surface area (Å²) in [6, 6.07) is 0. The molecular weight excluding hydrogens is 203 g/mol. The molecule has 1 nitrogen and oxygen atoms in total. The Morgan fingerprint density at radius 1 is 0.933 bits per heavy atom. The van der Waals surface area contributed by atoms with E-state index in [4.69, 9.17) is 0 Å². The molecule has 0 N–H and O–H groups in total. The van der Waals surface area contributed by atoms with Crippen LogP contribution >= 0.6 is 7.26 Å². The summed E-state index contributed by atoms with van der Waals surface area (Å²) in [5.74, 6) is 0. The maximum absolute atomic E-state index is 10.4. The average Bonchev–Trinajstić information content (AvgIpc) is 2.10. The predicted molar refractivity (Wildman–Crippen MR) is 72.5 cm³/mol. The molecule has 0 aromatic carbocycles. The van der Waals surface area contributed by atoms with Crippen LogP contribution in [-0.4, -0.2) is 29.4 Å². The van der Waals surface area contributed by atoms with Crippen LogP contribution in [0.4, 0.5) is 0 Å².